The molecule has 0 bridgehead atoms. The first-order valence-corrected chi connectivity index (χ1v) is 10.5. The van der Waals surface area contributed by atoms with Gasteiger partial charge in [0.25, 0.3) is 5.69 Å². The molecule has 1 aliphatic rings. The van der Waals surface area contributed by atoms with Crippen molar-refractivity contribution in [2.45, 2.75) is 19.8 Å². The van der Waals surface area contributed by atoms with E-state index in [1.165, 1.54) is 39.4 Å². The molecule has 30 heavy (non-hydrogen) atoms. The summed E-state index contributed by atoms with van der Waals surface area (Å²) < 4.78 is 30.4. The molecule has 1 atom stereocenters. The molecule has 1 heterocycles. The van der Waals surface area contributed by atoms with Crippen molar-refractivity contribution in [3.05, 3.63) is 62.5 Å². The number of ketones is 1. The summed E-state index contributed by atoms with van der Waals surface area (Å²) in [6, 6.07) is 5.52. The molecule has 1 unspecified atom stereocenters. The van der Waals surface area contributed by atoms with Gasteiger partial charge < -0.3 is 10.1 Å². The maximum Gasteiger partial charge on any atom is 0.336 e. The largest absolute Gasteiger partial charge is 0.466 e. The summed E-state index contributed by atoms with van der Waals surface area (Å²) in [6.45, 7) is 3.19. The van der Waals surface area contributed by atoms with Crippen molar-refractivity contribution in [2.24, 2.45) is 0 Å². The molecule has 1 aliphatic heterocycles. The molecule has 10 nitrogen and oxygen atoms in total. The third-order valence-corrected chi connectivity index (χ3v) is 6.49. The van der Waals surface area contributed by atoms with Crippen molar-refractivity contribution in [3.8, 4) is 0 Å². The lowest BCUT2D eigenvalue weighted by Crippen LogP contribution is -2.36. The number of nitro benzene ring substituents is 1. The summed E-state index contributed by atoms with van der Waals surface area (Å²) >= 11 is 0. The molecule has 1 aromatic carbocycles. The predicted octanol–water partition coefficient (Wildman–Crippen LogP) is 1.46. The monoisotopic (exact) mass is 437 g/mol. The lowest BCUT2D eigenvalue weighted by Gasteiger charge is -2.30. The number of carbonyl (C=O) groups is 2. The van der Waals surface area contributed by atoms with E-state index in [0.29, 0.717) is 17.0 Å². The molecule has 1 aromatic rings. The van der Waals surface area contributed by atoms with Gasteiger partial charge >= 0.3 is 5.97 Å². The van der Waals surface area contributed by atoms with Gasteiger partial charge in [0.05, 0.1) is 17.6 Å². The summed E-state index contributed by atoms with van der Waals surface area (Å²) in [4.78, 5) is 36.3. The van der Waals surface area contributed by atoms with Crippen LogP contribution in [0.4, 0.5) is 5.69 Å². The average molecular weight is 437 g/mol. The SMILES string of the molecule is COC(=O)C1=C(C)NC(C)=C(C(=O)CS(=O)(=O)N(C)C)C1c1cccc([N+](=O)[O-])c1. The fraction of sp³-hybridized carbons (Fsp3) is 0.368. The molecule has 0 radical (unpaired) electrons. The minimum atomic E-state index is -3.87. The van der Waals surface area contributed by atoms with Gasteiger partial charge in [-0.25, -0.2) is 17.5 Å². The zero-order valence-electron chi connectivity index (χ0n) is 17.3. The van der Waals surface area contributed by atoms with E-state index in [1.807, 2.05) is 0 Å². The van der Waals surface area contributed by atoms with Crippen LogP contribution in [0.15, 0.2) is 46.8 Å². The lowest BCUT2D eigenvalue weighted by atomic mass is 9.79. The van der Waals surface area contributed by atoms with Crippen molar-refractivity contribution in [3.63, 3.8) is 0 Å². The Morgan fingerprint density at radius 1 is 1.20 bits per heavy atom. The molecule has 1 N–H and O–H groups in total. The van der Waals surface area contributed by atoms with Crippen LogP contribution < -0.4 is 5.32 Å². The maximum absolute atomic E-state index is 13.1. The Hall–Kier alpha value is -3.05. The number of dihydropyridines is 1. The molecule has 0 saturated carbocycles. The van der Waals surface area contributed by atoms with Crippen molar-refractivity contribution in [1.29, 1.82) is 0 Å². The van der Waals surface area contributed by atoms with Gasteiger partial charge in [-0.05, 0) is 19.4 Å². The highest BCUT2D eigenvalue weighted by Gasteiger charge is 2.38. The fourth-order valence-corrected chi connectivity index (χ4v) is 4.01. The molecule has 11 heteroatoms. The van der Waals surface area contributed by atoms with E-state index < -0.39 is 38.4 Å². The third-order valence-electron chi connectivity index (χ3n) is 4.75. The lowest BCUT2D eigenvalue weighted by molar-refractivity contribution is -0.384. The number of benzene rings is 1. The molecule has 2 rings (SSSR count). The van der Waals surface area contributed by atoms with Crippen LogP contribution in [0.2, 0.25) is 0 Å². The van der Waals surface area contributed by atoms with E-state index >= 15 is 0 Å². The van der Waals surface area contributed by atoms with Gasteiger partial charge in [-0.1, -0.05) is 12.1 Å². The van der Waals surface area contributed by atoms with Crippen LogP contribution in [0.3, 0.4) is 0 Å². The van der Waals surface area contributed by atoms with Crippen LogP contribution in [0.1, 0.15) is 25.3 Å². The van der Waals surface area contributed by atoms with Crippen LogP contribution in [-0.2, 0) is 24.3 Å². The maximum atomic E-state index is 13.1. The first kappa shape index (κ1) is 23.2. The van der Waals surface area contributed by atoms with Gasteiger partial charge in [0.1, 0.15) is 5.75 Å². The van der Waals surface area contributed by atoms with Gasteiger partial charge in [-0.3, -0.25) is 14.9 Å². The summed E-state index contributed by atoms with van der Waals surface area (Å²) in [5.74, 6) is -3.29. The van der Waals surface area contributed by atoms with E-state index in [1.54, 1.807) is 19.9 Å². The van der Waals surface area contributed by atoms with Crippen LogP contribution in [0.5, 0.6) is 0 Å². The number of ether oxygens (including phenoxy) is 1. The molecular weight excluding hydrogens is 414 g/mol. The van der Waals surface area contributed by atoms with Crippen LogP contribution in [0.25, 0.3) is 0 Å². The van der Waals surface area contributed by atoms with E-state index in [9.17, 15) is 28.1 Å². The van der Waals surface area contributed by atoms with E-state index in [-0.39, 0.29) is 16.8 Å². The summed E-state index contributed by atoms with van der Waals surface area (Å²) in [7, 11) is -0.0751. The number of nitrogens with zero attached hydrogens (tertiary/aromatic N) is 2. The Morgan fingerprint density at radius 2 is 1.80 bits per heavy atom. The number of methoxy groups -OCH3 is 1. The predicted molar refractivity (Wildman–Crippen MR) is 109 cm³/mol. The second kappa shape index (κ2) is 8.76. The van der Waals surface area contributed by atoms with Crippen molar-refractivity contribution in [1.82, 2.24) is 9.62 Å². The summed E-state index contributed by atoms with van der Waals surface area (Å²) in [6.07, 6.45) is 0. The Labute approximate surface area is 174 Å². The molecule has 0 amide bonds. The Bertz CT molecular complexity index is 1070. The number of nitro groups is 1. The van der Waals surface area contributed by atoms with Gasteiger partial charge in [-0.2, -0.15) is 0 Å². The zero-order valence-corrected chi connectivity index (χ0v) is 18.1. The van der Waals surface area contributed by atoms with Crippen molar-refractivity contribution < 1.29 is 27.7 Å². The Morgan fingerprint density at radius 3 is 2.33 bits per heavy atom. The number of Topliss-reactive ketones (excluding diaryl/α,β-unsaturated/α-hetero) is 1. The van der Waals surface area contributed by atoms with Crippen LogP contribution >= 0.6 is 0 Å². The van der Waals surface area contributed by atoms with Crippen LogP contribution in [-0.4, -0.2) is 56.4 Å². The molecule has 0 aromatic heterocycles. The second-order valence-corrected chi connectivity index (χ2v) is 9.12. The number of carbonyl (C=O) groups excluding carboxylic acids is 2. The molecule has 0 fully saturated rings. The highest BCUT2D eigenvalue weighted by molar-refractivity contribution is 7.89. The molecule has 0 spiro atoms. The van der Waals surface area contributed by atoms with Gasteiger partial charge in [-0.15, -0.1) is 0 Å². The van der Waals surface area contributed by atoms with E-state index in [4.69, 9.17) is 4.74 Å². The highest BCUT2D eigenvalue weighted by atomic mass is 32.2. The second-order valence-electron chi connectivity index (χ2n) is 6.94. The Balaban J connectivity index is 2.70. The number of esters is 1. The first-order chi connectivity index (χ1) is 13.9. The van der Waals surface area contributed by atoms with Crippen molar-refractivity contribution in [2.75, 3.05) is 27.0 Å². The minimum absolute atomic E-state index is 0.0342. The van der Waals surface area contributed by atoms with Crippen molar-refractivity contribution >= 4 is 27.5 Å². The smallest absolute Gasteiger partial charge is 0.336 e. The molecule has 0 saturated heterocycles. The number of nitrogens with one attached hydrogen (secondary N) is 1. The first-order valence-electron chi connectivity index (χ1n) is 8.85. The third kappa shape index (κ3) is 4.57. The fourth-order valence-electron chi connectivity index (χ4n) is 3.27. The normalized spacial score (nSPS) is 17.1. The number of hydrogen-bond donors (Lipinski definition) is 1. The summed E-state index contributed by atoms with van der Waals surface area (Å²) in [5, 5.41) is 14.2. The number of allylic oxidation sites excluding steroid dienone is 3. The Kier molecular flexibility index (Phi) is 6.78. The molecule has 162 valence electrons. The minimum Gasteiger partial charge on any atom is -0.466 e. The summed E-state index contributed by atoms with van der Waals surface area (Å²) in [5.41, 5.74) is 0.952. The zero-order chi connectivity index (χ0) is 22.8. The van der Waals surface area contributed by atoms with E-state index in [0.717, 1.165) is 4.31 Å². The van der Waals surface area contributed by atoms with E-state index in [2.05, 4.69) is 5.32 Å². The van der Waals surface area contributed by atoms with Gasteiger partial charge in [0, 0.05) is 49.1 Å². The molecule has 0 aliphatic carbocycles. The number of sulfonamides is 1. The number of non-ortho nitro benzene ring substituents is 1. The average Bonchev–Trinajstić information content (AvgIpc) is 2.66. The molecular formula is C19H23N3O7S. The quantitative estimate of drug-likeness (QED) is 0.385. The standard InChI is InChI=1S/C19H23N3O7S/c1-11-16(15(23)10-30(27,28)21(3)4)18(17(12(2)20-11)19(24)29-5)13-7-6-8-14(9-13)22(25)26/h6-9,18,20H,10H2,1-5H3. The van der Waals surface area contributed by atoms with Crippen LogP contribution in [0, 0.1) is 10.1 Å². The van der Waals surface area contributed by atoms with Gasteiger partial charge in [0.2, 0.25) is 10.0 Å². The topological polar surface area (TPSA) is 136 Å². The number of hydrogen-bond acceptors (Lipinski definition) is 8. The number of rotatable bonds is 7. The van der Waals surface area contributed by atoms with Gasteiger partial charge in [0.15, 0.2) is 5.78 Å². The highest BCUT2D eigenvalue weighted by Crippen LogP contribution is 2.40.